The summed E-state index contributed by atoms with van der Waals surface area (Å²) in [4.78, 5) is 16.2. The number of thioether (sulfide) groups is 1. The molecular weight excluding hydrogens is 442 g/mol. The molecule has 0 spiro atoms. The molecule has 0 saturated carbocycles. The smallest absolute Gasteiger partial charge is 0.237 e. The molecular formula is C26H26F2N2O2S. The molecule has 1 aliphatic heterocycles. The average molecular weight is 469 g/mol. The first-order valence-corrected chi connectivity index (χ1v) is 11.8. The Morgan fingerprint density at radius 1 is 1.00 bits per heavy atom. The largest absolute Gasteiger partial charge is 0.508 e. The molecule has 1 aliphatic rings. The molecule has 1 saturated heterocycles. The lowest BCUT2D eigenvalue weighted by Gasteiger charge is -2.23. The molecule has 0 radical (unpaired) electrons. The monoisotopic (exact) mass is 468 g/mol. The number of nitrogens with zero attached hydrogens (tertiary/aromatic N) is 1. The van der Waals surface area contributed by atoms with Gasteiger partial charge >= 0.3 is 0 Å². The first-order valence-electron chi connectivity index (χ1n) is 10.9. The van der Waals surface area contributed by atoms with Gasteiger partial charge in [-0.1, -0.05) is 24.3 Å². The Morgan fingerprint density at radius 2 is 1.76 bits per heavy atom. The maximum atomic E-state index is 13.4. The molecule has 1 heterocycles. The SMILES string of the molecule is O=C(NCCc1cccc(F)c1)[C@@H]1C[C@@H](Sc2ccc(F)cc2)CN1Cc1cccc(O)c1. The van der Waals surface area contributed by atoms with Gasteiger partial charge in [0, 0.05) is 29.8 Å². The number of benzene rings is 3. The van der Waals surface area contributed by atoms with Crippen LogP contribution in [0.2, 0.25) is 0 Å². The first-order chi connectivity index (χ1) is 16.0. The number of phenolic OH excluding ortho intramolecular Hbond substituents is 1. The maximum Gasteiger partial charge on any atom is 0.237 e. The van der Waals surface area contributed by atoms with Crippen LogP contribution in [-0.4, -0.2) is 40.3 Å². The van der Waals surface area contributed by atoms with Crippen LogP contribution in [-0.2, 0) is 17.8 Å². The van der Waals surface area contributed by atoms with Crippen molar-refractivity contribution in [1.29, 1.82) is 0 Å². The number of halogens is 2. The van der Waals surface area contributed by atoms with Gasteiger partial charge in [-0.05, 0) is 72.5 Å². The summed E-state index contributed by atoms with van der Waals surface area (Å²) in [5, 5.41) is 13.0. The van der Waals surface area contributed by atoms with Crippen LogP contribution in [0, 0.1) is 11.6 Å². The van der Waals surface area contributed by atoms with E-state index in [-0.39, 0.29) is 34.6 Å². The summed E-state index contributed by atoms with van der Waals surface area (Å²) in [6.45, 7) is 1.66. The highest BCUT2D eigenvalue weighted by Crippen LogP contribution is 2.34. The van der Waals surface area contributed by atoms with Crippen molar-refractivity contribution in [2.24, 2.45) is 0 Å². The quantitative estimate of drug-likeness (QED) is 0.500. The second-order valence-electron chi connectivity index (χ2n) is 8.22. The van der Waals surface area contributed by atoms with Crippen LogP contribution in [0.1, 0.15) is 17.5 Å². The minimum Gasteiger partial charge on any atom is -0.508 e. The van der Waals surface area contributed by atoms with Crippen molar-refractivity contribution in [2.75, 3.05) is 13.1 Å². The Balaban J connectivity index is 1.41. The molecule has 0 unspecified atom stereocenters. The van der Waals surface area contributed by atoms with Gasteiger partial charge in [0.05, 0.1) is 6.04 Å². The third kappa shape index (κ3) is 6.55. The molecule has 172 valence electrons. The number of rotatable bonds is 8. The Bertz CT molecular complexity index is 1090. The van der Waals surface area contributed by atoms with E-state index < -0.39 is 0 Å². The fourth-order valence-corrected chi connectivity index (χ4v) is 5.35. The third-order valence-electron chi connectivity index (χ3n) is 5.68. The number of likely N-dealkylation sites (tertiary alicyclic amines) is 1. The average Bonchev–Trinajstić information content (AvgIpc) is 3.17. The molecule has 4 nitrogen and oxygen atoms in total. The van der Waals surface area contributed by atoms with Gasteiger partial charge in [-0.3, -0.25) is 9.69 Å². The molecule has 2 atom stereocenters. The number of aromatic hydroxyl groups is 1. The van der Waals surface area contributed by atoms with E-state index in [0.717, 1.165) is 16.0 Å². The number of nitrogens with one attached hydrogen (secondary N) is 1. The summed E-state index contributed by atoms with van der Waals surface area (Å²) < 4.78 is 26.7. The minimum absolute atomic E-state index is 0.0613. The van der Waals surface area contributed by atoms with E-state index in [1.165, 1.54) is 24.3 Å². The van der Waals surface area contributed by atoms with E-state index in [1.54, 1.807) is 48.2 Å². The maximum absolute atomic E-state index is 13.4. The van der Waals surface area contributed by atoms with Crippen LogP contribution < -0.4 is 5.32 Å². The number of amides is 1. The van der Waals surface area contributed by atoms with Crippen molar-refractivity contribution in [3.8, 4) is 5.75 Å². The van der Waals surface area contributed by atoms with E-state index in [9.17, 15) is 18.7 Å². The summed E-state index contributed by atoms with van der Waals surface area (Å²) in [7, 11) is 0. The Labute approximate surface area is 196 Å². The second-order valence-corrected chi connectivity index (χ2v) is 9.59. The van der Waals surface area contributed by atoms with Gasteiger partial charge in [0.25, 0.3) is 0 Å². The molecule has 0 aromatic heterocycles. The van der Waals surface area contributed by atoms with Crippen LogP contribution in [0.15, 0.2) is 77.7 Å². The lowest BCUT2D eigenvalue weighted by molar-refractivity contribution is -0.125. The lowest BCUT2D eigenvalue weighted by Crippen LogP contribution is -2.43. The Morgan fingerprint density at radius 3 is 2.52 bits per heavy atom. The van der Waals surface area contributed by atoms with Crippen molar-refractivity contribution in [3.63, 3.8) is 0 Å². The number of hydrogen-bond donors (Lipinski definition) is 2. The van der Waals surface area contributed by atoms with Gasteiger partial charge in [0.1, 0.15) is 17.4 Å². The summed E-state index contributed by atoms with van der Waals surface area (Å²) >= 11 is 1.64. The van der Waals surface area contributed by atoms with E-state index in [2.05, 4.69) is 10.2 Å². The summed E-state index contributed by atoms with van der Waals surface area (Å²) in [5.74, 6) is -0.423. The van der Waals surface area contributed by atoms with Crippen LogP contribution in [0.5, 0.6) is 5.75 Å². The third-order valence-corrected chi connectivity index (χ3v) is 6.90. The molecule has 3 aromatic carbocycles. The molecule has 3 aromatic rings. The number of carbonyl (C=O) groups is 1. The highest BCUT2D eigenvalue weighted by atomic mass is 32.2. The highest BCUT2D eigenvalue weighted by Gasteiger charge is 2.37. The number of carbonyl (C=O) groups excluding carboxylic acids is 1. The van der Waals surface area contributed by atoms with Crippen LogP contribution in [0.4, 0.5) is 8.78 Å². The predicted octanol–water partition coefficient (Wildman–Crippen LogP) is 4.76. The zero-order valence-corrected chi connectivity index (χ0v) is 18.9. The first kappa shape index (κ1) is 23.3. The molecule has 1 amide bonds. The second kappa shape index (κ2) is 10.8. The van der Waals surface area contributed by atoms with E-state index in [1.807, 2.05) is 12.1 Å². The molecule has 4 rings (SSSR count). The minimum atomic E-state index is -0.321. The van der Waals surface area contributed by atoms with Crippen molar-refractivity contribution >= 4 is 17.7 Å². The van der Waals surface area contributed by atoms with E-state index >= 15 is 0 Å². The summed E-state index contributed by atoms with van der Waals surface area (Å²) in [6, 6.07) is 19.5. The normalized spacial score (nSPS) is 18.4. The van der Waals surface area contributed by atoms with Gasteiger partial charge < -0.3 is 10.4 Å². The van der Waals surface area contributed by atoms with Crippen molar-refractivity contribution in [2.45, 2.75) is 35.6 Å². The molecule has 7 heteroatoms. The van der Waals surface area contributed by atoms with Crippen molar-refractivity contribution in [1.82, 2.24) is 10.2 Å². The molecule has 0 aliphatic carbocycles. The van der Waals surface area contributed by atoms with E-state index in [4.69, 9.17) is 0 Å². The van der Waals surface area contributed by atoms with Gasteiger partial charge in [-0.2, -0.15) is 0 Å². The van der Waals surface area contributed by atoms with Gasteiger partial charge in [-0.25, -0.2) is 8.78 Å². The number of phenols is 1. The van der Waals surface area contributed by atoms with Gasteiger partial charge in [0.2, 0.25) is 5.91 Å². The fourth-order valence-electron chi connectivity index (χ4n) is 4.13. The lowest BCUT2D eigenvalue weighted by atomic mass is 10.1. The number of hydrogen-bond acceptors (Lipinski definition) is 4. The van der Waals surface area contributed by atoms with Crippen molar-refractivity contribution < 1.29 is 18.7 Å². The van der Waals surface area contributed by atoms with Crippen LogP contribution >= 0.6 is 11.8 Å². The summed E-state index contributed by atoms with van der Waals surface area (Å²) in [5.41, 5.74) is 1.77. The zero-order chi connectivity index (χ0) is 23.2. The molecule has 1 fully saturated rings. The highest BCUT2D eigenvalue weighted by molar-refractivity contribution is 8.00. The molecule has 2 N–H and O–H groups in total. The molecule has 33 heavy (non-hydrogen) atoms. The Kier molecular flexibility index (Phi) is 7.62. The van der Waals surface area contributed by atoms with Gasteiger partial charge in [0.15, 0.2) is 0 Å². The van der Waals surface area contributed by atoms with E-state index in [0.29, 0.717) is 32.5 Å². The zero-order valence-electron chi connectivity index (χ0n) is 18.1. The molecule has 0 bridgehead atoms. The van der Waals surface area contributed by atoms with Crippen molar-refractivity contribution in [3.05, 3.63) is 95.6 Å². The fraction of sp³-hybridized carbons (Fsp3) is 0.269. The summed E-state index contributed by atoms with van der Waals surface area (Å²) in [6.07, 6.45) is 1.21. The Hall–Kier alpha value is -2.90. The van der Waals surface area contributed by atoms with Gasteiger partial charge in [-0.15, -0.1) is 11.8 Å². The standard InChI is InChI=1S/C26H26F2N2O2S/c27-20-7-9-23(10-8-20)33-24-15-25(30(17-24)16-19-4-2-6-22(31)14-19)26(32)29-12-11-18-3-1-5-21(28)13-18/h1-10,13-14,24-25,31H,11-12,15-17H2,(H,29,32)/t24-,25+/m1/s1. The predicted molar refractivity (Wildman–Crippen MR) is 126 cm³/mol. The topological polar surface area (TPSA) is 52.6 Å². The van der Waals surface area contributed by atoms with Crippen LogP contribution in [0.3, 0.4) is 0 Å². The van der Waals surface area contributed by atoms with Crippen LogP contribution in [0.25, 0.3) is 0 Å².